The van der Waals surface area contributed by atoms with E-state index < -0.39 is 0 Å². The van der Waals surface area contributed by atoms with Gasteiger partial charge in [0.05, 0.1) is 0 Å². The summed E-state index contributed by atoms with van der Waals surface area (Å²) < 4.78 is 0. The maximum absolute atomic E-state index is 3.96. The highest BCUT2D eigenvalue weighted by atomic mass is 32.1. The Kier molecular flexibility index (Phi) is 3.22. The van der Waals surface area contributed by atoms with Gasteiger partial charge in [-0.05, 0) is 20.3 Å². The highest BCUT2D eigenvalue weighted by molar-refractivity contribution is 7.15. The predicted octanol–water partition coefficient (Wildman–Crippen LogP) is 2.22. The lowest BCUT2D eigenvalue weighted by molar-refractivity contribution is 0.807. The van der Waals surface area contributed by atoms with Crippen LogP contribution in [-0.4, -0.2) is 16.2 Å². The van der Waals surface area contributed by atoms with Crippen molar-refractivity contribution in [3.05, 3.63) is 17.7 Å². The number of aryl methyl sites for hydroxylation is 1. The molecule has 1 rings (SSSR count). The number of nitrogens with zero attached hydrogens (tertiary/aromatic N) is 2. The van der Waals surface area contributed by atoms with E-state index in [1.54, 1.807) is 11.3 Å². The van der Waals surface area contributed by atoms with Gasteiger partial charge in [-0.2, -0.15) is 0 Å². The summed E-state index contributed by atoms with van der Waals surface area (Å²) in [6.45, 7) is 7.72. The van der Waals surface area contributed by atoms with Gasteiger partial charge in [0, 0.05) is 6.04 Å². The van der Waals surface area contributed by atoms with E-state index in [0.717, 1.165) is 16.6 Å². The third-order valence-corrected chi connectivity index (χ3v) is 2.19. The SMILES string of the molecule is C=CCC(C)Nc1nnc(C)s1. The fraction of sp³-hybridized carbons (Fsp3) is 0.500. The molecule has 1 N–H and O–H groups in total. The van der Waals surface area contributed by atoms with Crippen molar-refractivity contribution in [3.63, 3.8) is 0 Å². The Balaban J connectivity index is 2.46. The van der Waals surface area contributed by atoms with Gasteiger partial charge in [0.25, 0.3) is 0 Å². The van der Waals surface area contributed by atoms with E-state index in [9.17, 15) is 0 Å². The molecule has 0 saturated carbocycles. The lowest BCUT2D eigenvalue weighted by atomic mass is 10.2. The van der Waals surface area contributed by atoms with Gasteiger partial charge in [-0.25, -0.2) is 0 Å². The highest BCUT2D eigenvalue weighted by Gasteiger charge is 2.02. The molecule has 0 radical (unpaired) electrons. The predicted molar refractivity (Wildman–Crippen MR) is 52.5 cm³/mol. The van der Waals surface area contributed by atoms with E-state index in [-0.39, 0.29) is 0 Å². The zero-order chi connectivity index (χ0) is 8.97. The minimum Gasteiger partial charge on any atom is -0.357 e. The van der Waals surface area contributed by atoms with Crippen LogP contribution in [-0.2, 0) is 0 Å². The summed E-state index contributed by atoms with van der Waals surface area (Å²) in [7, 11) is 0. The third kappa shape index (κ3) is 2.62. The summed E-state index contributed by atoms with van der Waals surface area (Å²) in [6.07, 6.45) is 2.84. The Morgan fingerprint density at radius 3 is 2.92 bits per heavy atom. The summed E-state index contributed by atoms with van der Waals surface area (Å²) >= 11 is 1.57. The van der Waals surface area contributed by atoms with Crippen LogP contribution in [0, 0.1) is 6.92 Å². The molecule has 1 aromatic rings. The summed E-state index contributed by atoms with van der Waals surface area (Å²) in [6, 6.07) is 0.384. The van der Waals surface area contributed by atoms with Crippen LogP contribution in [0.5, 0.6) is 0 Å². The number of hydrogen-bond acceptors (Lipinski definition) is 4. The Hall–Kier alpha value is -0.900. The first-order valence-corrected chi connectivity index (χ1v) is 4.71. The first kappa shape index (κ1) is 9.19. The second-order valence-corrected chi connectivity index (χ2v) is 3.88. The molecule has 0 spiro atoms. The van der Waals surface area contributed by atoms with Gasteiger partial charge in [0.1, 0.15) is 5.01 Å². The van der Waals surface area contributed by atoms with E-state index in [0.29, 0.717) is 6.04 Å². The minimum atomic E-state index is 0.384. The Bertz CT molecular complexity index is 257. The second-order valence-electron chi connectivity index (χ2n) is 2.70. The van der Waals surface area contributed by atoms with Gasteiger partial charge in [-0.3, -0.25) is 0 Å². The van der Waals surface area contributed by atoms with Gasteiger partial charge < -0.3 is 5.32 Å². The van der Waals surface area contributed by atoms with Crippen LogP contribution in [0.25, 0.3) is 0 Å². The minimum absolute atomic E-state index is 0.384. The Morgan fingerprint density at radius 1 is 1.67 bits per heavy atom. The lowest BCUT2D eigenvalue weighted by Crippen LogP contribution is -2.13. The van der Waals surface area contributed by atoms with Gasteiger partial charge in [0.15, 0.2) is 0 Å². The number of hydrogen-bond donors (Lipinski definition) is 1. The largest absolute Gasteiger partial charge is 0.357 e. The average molecular weight is 183 g/mol. The molecule has 0 fully saturated rings. The summed E-state index contributed by atoms with van der Waals surface area (Å²) in [5.41, 5.74) is 0. The number of anilines is 1. The fourth-order valence-corrected chi connectivity index (χ4v) is 1.58. The van der Waals surface area contributed by atoms with Crippen molar-refractivity contribution in [3.8, 4) is 0 Å². The molecular weight excluding hydrogens is 170 g/mol. The highest BCUT2D eigenvalue weighted by Crippen LogP contribution is 2.15. The van der Waals surface area contributed by atoms with Crippen molar-refractivity contribution in [1.82, 2.24) is 10.2 Å². The molecule has 66 valence electrons. The van der Waals surface area contributed by atoms with Crippen molar-refractivity contribution >= 4 is 16.5 Å². The number of rotatable bonds is 4. The van der Waals surface area contributed by atoms with E-state index >= 15 is 0 Å². The fourth-order valence-electron chi connectivity index (χ4n) is 0.875. The molecule has 0 aliphatic carbocycles. The molecule has 1 aromatic heterocycles. The second kappa shape index (κ2) is 4.21. The third-order valence-electron chi connectivity index (χ3n) is 1.42. The average Bonchev–Trinajstić information content (AvgIpc) is 2.36. The van der Waals surface area contributed by atoms with Crippen LogP contribution in [0.15, 0.2) is 12.7 Å². The maximum atomic E-state index is 3.96. The topological polar surface area (TPSA) is 37.8 Å². The van der Waals surface area contributed by atoms with Crippen LogP contribution in [0.2, 0.25) is 0 Å². The first-order chi connectivity index (χ1) is 5.72. The molecule has 0 bridgehead atoms. The molecule has 0 amide bonds. The van der Waals surface area contributed by atoms with Crippen molar-refractivity contribution < 1.29 is 0 Å². The first-order valence-electron chi connectivity index (χ1n) is 3.90. The van der Waals surface area contributed by atoms with Gasteiger partial charge in [-0.1, -0.05) is 17.4 Å². The van der Waals surface area contributed by atoms with Gasteiger partial charge >= 0.3 is 0 Å². The standard InChI is InChI=1S/C8H13N3S/c1-4-5-6(2)9-8-11-10-7(3)12-8/h4,6H,1,5H2,2-3H3,(H,9,11). The summed E-state index contributed by atoms with van der Waals surface area (Å²) in [4.78, 5) is 0. The smallest absolute Gasteiger partial charge is 0.205 e. The normalized spacial score (nSPS) is 12.5. The summed E-state index contributed by atoms with van der Waals surface area (Å²) in [5, 5.41) is 13.0. The van der Waals surface area contributed by atoms with Crippen molar-refractivity contribution in [2.45, 2.75) is 26.3 Å². The van der Waals surface area contributed by atoms with Crippen LogP contribution in [0.3, 0.4) is 0 Å². The Morgan fingerprint density at radius 2 is 2.42 bits per heavy atom. The zero-order valence-corrected chi connectivity index (χ0v) is 8.19. The molecule has 3 nitrogen and oxygen atoms in total. The maximum Gasteiger partial charge on any atom is 0.205 e. The van der Waals surface area contributed by atoms with Crippen LogP contribution >= 0.6 is 11.3 Å². The van der Waals surface area contributed by atoms with Crippen molar-refractivity contribution in [1.29, 1.82) is 0 Å². The zero-order valence-electron chi connectivity index (χ0n) is 7.37. The van der Waals surface area contributed by atoms with Crippen LogP contribution in [0.1, 0.15) is 18.4 Å². The molecule has 0 saturated heterocycles. The molecule has 12 heavy (non-hydrogen) atoms. The molecule has 0 aromatic carbocycles. The van der Waals surface area contributed by atoms with E-state index in [4.69, 9.17) is 0 Å². The molecule has 4 heteroatoms. The lowest BCUT2D eigenvalue weighted by Gasteiger charge is -2.08. The molecule has 0 aliphatic rings. The number of nitrogens with one attached hydrogen (secondary N) is 1. The molecular formula is C8H13N3S. The molecule has 0 aliphatic heterocycles. The molecule has 1 unspecified atom stereocenters. The van der Waals surface area contributed by atoms with Crippen LogP contribution < -0.4 is 5.32 Å². The van der Waals surface area contributed by atoms with Crippen LogP contribution in [0.4, 0.5) is 5.13 Å². The van der Waals surface area contributed by atoms with Crippen molar-refractivity contribution in [2.75, 3.05) is 5.32 Å². The Labute approximate surface area is 76.5 Å². The van der Waals surface area contributed by atoms with E-state index in [2.05, 4.69) is 29.0 Å². The van der Waals surface area contributed by atoms with Crippen molar-refractivity contribution in [2.24, 2.45) is 0 Å². The quantitative estimate of drug-likeness (QED) is 0.727. The molecule has 1 atom stereocenters. The summed E-state index contributed by atoms with van der Waals surface area (Å²) in [5.74, 6) is 0. The number of aromatic nitrogens is 2. The van der Waals surface area contributed by atoms with Gasteiger partial charge in [-0.15, -0.1) is 16.8 Å². The molecule has 1 heterocycles. The monoisotopic (exact) mass is 183 g/mol. The van der Waals surface area contributed by atoms with Gasteiger partial charge in [0.2, 0.25) is 5.13 Å². The van der Waals surface area contributed by atoms with E-state index in [1.807, 2.05) is 13.0 Å². The van der Waals surface area contributed by atoms with E-state index in [1.165, 1.54) is 0 Å².